The van der Waals surface area contributed by atoms with Crippen molar-refractivity contribution < 1.29 is 22.8 Å². The molecule has 2 saturated heterocycles. The van der Waals surface area contributed by atoms with E-state index < -0.39 is 28.1 Å². The van der Waals surface area contributed by atoms with Crippen LogP contribution >= 0.6 is 11.3 Å². The first kappa shape index (κ1) is 26.8. The number of pyridine rings is 1. The summed E-state index contributed by atoms with van der Waals surface area (Å²) in [5, 5.41) is 4.92. The van der Waals surface area contributed by atoms with Gasteiger partial charge in [0.15, 0.2) is 5.78 Å². The monoisotopic (exact) mass is 578 g/mol. The SMILES string of the molecule is O=C(NC(CC1CC1)C(=O)N1CCC2C1C(=O)CN2S(=O)(=O)Cc1cccnc1)c1ccc(-c2cccs2)cc1. The lowest BCUT2D eigenvalue weighted by atomic mass is 10.1. The minimum atomic E-state index is -3.79. The van der Waals surface area contributed by atoms with Gasteiger partial charge in [0.05, 0.1) is 18.3 Å². The zero-order valence-electron chi connectivity index (χ0n) is 21.8. The summed E-state index contributed by atoms with van der Waals surface area (Å²) in [7, 11) is -3.79. The molecule has 3 aromatic rings. The first-order valence-corrected chi connectivity index (χ1v) is 16.0. The Morgan fingerprint density at radius 1 is 1.07 bits per heavy atom. The van der Waals surface area contributed by atoms with E-state index in [9.17, 15) is 22.8 Å². The number of carbonyl (C=O) groups excluding carboxylic acids is 3. The summed E-state index contributed by atoms with van der Waals surface area (Å²) in [5.74, 6) is -0.846. The highest BCUT2D eigenvalue weighted by Crippen LogP contribution is 2.36. The maximum absolute atomic E-state index is 13.8. The van der Waals surface area contributed by atoms with Gasteiger partial charge in [0.2, 0.25) is 15.9 Å². The molecule has 2 aromatic heterocycles. The molecule has 1 aliphatic carbocycles. The molecule has 3 atom stereocenters. The number of fused-ring (bicyclic) bond motifs is 1. The van der Waals surface area contributed by atoms with Gasteiger partial charge in [0.25, 0.3) is 5.91 Å². The Morgan fingerprint density at radius 3 is 2.55 bits per heavy atom. The molecule has 2 aliphatic heterocycles. The van der Waals surface area contributed by atoms with Crippen LogP contribution in [0.4, 0.5) is 0 Å². The van der Waals surface area contributed by atoms with Crippen molar-refractivity contribution in [2.45, 2.75) is 49.6 Å². The molecule has 0 radical (unpaired) electrons. The number of likely N-dealkylation sites (tertiary alicyclic amines) is 1. The number of sulfonamides is 1. The lowest BCUT2D eigenvalue weighted by Gasteiger charge is -2.28. The number of rotatable bonds is 9. The second kappa shape index (κ2) is 10.9. The van der Waals surface area contributed by atoms with Crippen LogP contribution in [0.25, 0.3) is 10.4 Å². The highest BCUT2D eigenvalue weighted by Gasteiger charge is 2.54. The number of carbonyl (C=O) groups is 3. The highest BCUT2D eigenvalue weighted by molar-refractivity contribution is 7.88. The van der Waals surface area contributed by atoms with Crippen molar-refractivity contribution in [3.8, 4) is 10.4 Å². The summed E-state index contributed by atoms with van der Waals surface area (Å²) >= 11 is 1.62. The lowest BCUT2D eigenvalue weighted by molar-refractivity contribution is -0.138. The van der Waals surface area contributed by atoms with Crippen LogP contribution in [-0.4, -0.2) is 71.4 Å². The van der Waals surface area contributed by atoms with E-state index in [0.717, 1.165) is 23.3 Å². The molecule has 3 unspecified atom stereocenters. The molecule has 9 nitrogen and oxygen atoms in total. The van der Waals surface area contributed by atoms with Crippen LogP contribution in [0.1, 0.15) is 41.6 Å². The maximum Gasteiger partial charge on any atom is 0.251 e. The molecule has 3 fully saturated rings. The molecule has 1 aromatic carbocycles. The number of thiophene rings is 1. The maximum atomic E-state index is 13.8. The standard InChI is InChI=1S/C29H30N4O5S2/c34-25-17-33(40(37,38)18-20-3-1-12-30-16-20)24-11-13-32(27(24)25)29(36)23(15-19-5-6-19)31-28(35)22-9-7-21(8-10-22)26-4-2-14-39-26/h1-4,7-10,12,14,16,19,23-24,27H,5-6,11,13,15,17-18H2,(H,31,35). The van der Waals surface area contributed by atoms with E-state index in [1.807, 2.05) is 29.6 Å². The van der Waals surface area contributed by atoms with Gasteiger partial charge >= 0.3 is 0 Å². The van der Waals surface area contributed by atoms with Crippen molar-refractivity contribution in [2.75, 3.05) is 13.1 Å². The van der Waals surface area contributed by atoms with Gasteiger partial charge in [-0.3, -0.25) is 19.4 Å². The number of aromatic nitrogens is 1. The predicted octanol–water partition coefficient (Wildman–Crippen LogP) is 3.09. The quantitative estimate of drug-likeness (QED) is 0.417. The van der Waals surface area contributed by atoms with Crippen LogP contribution in [0.3, 0.4) is 0 Å². The molecule has 40 heavy (non-hydrogen) atoms. The van der Waals surface area contributed by atoms with E-state index in [2.05, 4.69) is 10.3 Å². The summed E-state index contributed by atoms with van der Waals surface area (Å²) in [6, 6.07) is 12.4. The van der Waals surface area contributed by atoms with Crippen LogP contribution < -0.4 is 5.32 Å². The second-order valence-corrected chi connectivity index (χ2v) is 13.6. The van der Waals surface area contributed by atoms with Crippen LogP contribution in [0.15, 0.2) is 66.3 Å². The fourth-order valence-corrected chi connectivity index (χ4v) is 8.19. The summed E-state index contributed by atoms with van der Waals surface area (Å²) in [5.41, 5.74) is 2.01. The van der Waals surface area contributed by atoms with Crippen molar-refractivity contribution in [3.05, 3.63) is 77.4 Å². The summed E-state index contributed by atoms with van der Waals surface area (Å²) in [6.45, 7) is 0.0172. The third kappa shape index (κ3) is 5.45. The fourth-order valence-electron chi connectivity index (χ4n) is 5.74. The normalized spacial score (nSPS) is 21.8. The molecule has 1 saturated carbocycles. The Hall–Kier alpha value is -3.41. The van der Waals surface area contributed by atoms with Gasteiger partial charge in [-0.2, -0.15) is 4.31 Å². The van der Waals surface area contributed by atoms with E-state index in [4.69, 9.17) is 0 Å². The zero-order chi connectivity index (χ0) is 27.9. The molecule has 0 bridgehead atoms. The number of amides is 2. The molecule has 208 valence electrons. The van der Waals surface area contributed by atoms with Crippen LogP contribution in [-0.2, 0) is 25.4 Å². The zero-order valence-corrected chi connectivity index (χ0v) is 23.4. The van der Waals surface area contributed by atoms with Crippen molar-refractivity contribution >= 4 is 39.0 Å². The molecule has 1 N–H and O–H groups in total. The third-order valence-corrected chi connectivity index (χ3v) is 10.6. The summed E-state index contributed by atoms with van der Waals surface area (Å²) < 4.78 is 27.7. The van der Waals surface area contributed by atoms with Crippen molar-refractivity contribution in [3.63, 3.8) is 0 Å². The highest BCUT2D eigenvalue weighted by atomic mass is 32.2. The van der Waals surface area contributed by atoms with Crippen LogP contribution in [0.2, 0.25) is 0 Å². The van der Waals surface area contributed by atoms with Crippen LogP contribution in [0.5, 0.6) is 0 Å². The molecular weight excluding hydrogens is 548 g/mol. The number of Topliss-reactive ketones (excluding diaryl/α,β-unsaturated/α-hetero) is 1. The number of nitrogens with zero attached hydrogens (tertiary/aromatic N) is 3. The number of nitrogens with one attached hydrogen (secondary N) is 1. The minimum Gasteiger partial charge on any atom is -0.340 e. The molecule has 3 aliphatic rings. The van der Waals surface area contributed by atoms with Crippen molar-refractivity contribution in [1.82, 2.24) is 19.5 Å². The lowest BCUT2D eigenvalue weighted by Crippen LogP contribution is -2.52. The minimum absolute atomic E-state index is 0.252. The Labute approximate surface area is 237 Å². The largest absolute Gasteiger partial charge is 0.340 e. The average molecular weight is 579 g/mol. The number of benzene rings is 1. The molecular formula is C29H30N4O5S2. The fraction of sp³-hybridized carbons (Fsp3) is 0.379. The Balaban J connectivity index is 1.16. The van der Waals surface area contributed by atoms with E-state index >= 15 is 0 Å². The molecule has 4 heterocycles. The summed E-state index contributed by atoms with van der Waals surface area (Å²) in [6.07, 6.45) is 5.95. The number of hydrogen-bond acceptors (Lipinski definition) is 7. The molecule has 0 spiro atoms. The molecule has 6 rings (SSSR count). The Kier molecular flexibility index (Phi) is 7.28. The van der Waals surface area contributed by atoms with E-state index in [0.29, 0.717) is 29.9 Å². The van der Waals surface area contributed by atoms with Crippen molar-refractivity contribution in [2.24, 2.45) is 5.92 Å². The summed E-state index contributed by atoms with van der Waals surface area (Å²) in [4.78, 5) is 46.7. The van der Waals surface area contributed by atoms with E-state index in [-0.39, 0.29) is 36.4 Å². The van der Waals surface area contributed by atoms with Crippen LogP contribution in [0, 0.1) is 5.92 Å². The smallest absolute Gasteiger partial charge is 0.251 e. The second-order valence-electron chi connectivity index (χ2n) is 10.7. The molecule has 2 amide bonds. The van der Waals surface area contributed by atoms with Crippen molar-refractivity contribution in [1.29, 1.82) is 0 Å². The van der Waals surface area contributed by atoms with Gasteiger partial charge in [-0.15, -0.1) is 11.3 Å². The van der Waals surface area contributed by atoms with Gasteiger partial charge < -0.3 is 10.2 Å². The van der Waals surface area contributed by atoms with Gasteiger partial charge in [-0.05, 0) is 59.5 Å². The Bertz CT molecular complexity index is 1510. The third-order valence-electron chi connectivity index (χ3n) is 7.91. The number of ketones is 1. The predicted molar refractivity (Wildman–Crippen MR) is 151 cm³/mol. The average Bonchev–Trinajstić information content (AvgIpc) is 3.31. The van der Waals surface area contributed by atoms with Gasteiger partial charge in [0.1, 0.15) is 12.1 Å². The first-order chi connectivity index (χ1) is 19.3. The van der Waals surface area contributed by atoms with E-state index in [1.54, 1.807) is 41.8 Å². The Morgan fingerprint density at radius 2 is 1.88 bits per heavy atom. The first-order valence-electron chi connectivity index (χ1n) is 13.5. The van der Waals surface area contributed by atoms with Gasteiger partial charge in [-0.1, -0.05) is 37.1 Å². The van der Waals surface area contributed by atoms with E-state index in [1.165, 1.54) is 15.4 Å². The topological polar surface area (TPSA) is 117 Å². The van der Waals surface area contributed by atoms with Gasteiger partial charge in [0, 0.05) is 29.4 Å². The number of hydrogen-bond donors (Lipinski definition) is 1. The molecule has 11 heteroatoms. The van der Waals surface area contributed by atoms with Gasteiger partial charge in [-0.25, -0.2) is 8.42 Å².